The van der Waals surface area contributed by atoms with Gasteiger partial charge in [0.25, 0.3) is 5.91 Å². The van der Waals surface area contributed by atoms with E-state index in [1.807, 2.05) is 49.5 Å². The number of nitrogens with zero attached hydrogens (tertiary/aromatic N) is 3. The first-order chi connectivity index (χ1) is 13.2. The Labute approximate surface area is 158 Å². The van der Waals surface area contributed by atoms with Gasteiger partial charge in [0.15, 0.2) is 17.3 Å². The second kappa shape index (κ2) is 6.10. The average Bonchev–Trinajstić information content (AvgIpc) is 3.41. The number of para-hydroxylation sites is 1. The minimum atomic E-state index is -0.233. The predicted molar refractivity (Wildman–Crippen MR) is 102 cm³/mol. The highest BCUT2D eigenvalue weighted by atomic mass is 32.1. The molecule has 0 unspecified atom stereocenters. The summed E-state index contributed by atoms with van der Waals surface area (Å²) in [5, 5.41) is 8.92. The molecular weight excluding hydrogens is 364 g/mol. The maximum atomic E-state index is 12.7. The van der Waals surface area contributed by atoms with Crippen molar-refractivity contribution in [2.45, 2.75) is 0 Å². The van der Waals surface area contributed by atoms with Crippen LogP contribution in [-0.2, 0) is 7.05 Å². The summed E-state index contributed by atoms with van der Waals surface area (Å²) < 4.78 is 12.5. The van der Waals surface area contributed by atoms with Gasteiger partial charge in [0.2, 0.25) is 6.79 Å². The fraction of sp³-hybridized carbons (Fsp3) is 0.105. The molecule has 4 aromatic rings. The van der Waals surface area contributed by atoms with E-state index in [0.29, 0.717) is 16.4 Å². The van der Waals surface area contributed by atoms with E-state index in [1.165, 1.54) is 11.3 Å². The van der Waals surface area contributed by atoms with Gasteiger partial charge in [-0.15, -0.1) is 11.3 Å². The summed E-state index contributed by atoms with van der Waals surface area (Å²) in [6.07, 6.45) is 1.57. The van der Waals surface area contributed by atoms with Gasteiger partial charge in [-0.2, -0.15) is 5.10 Å². The van der Waals surface area contributed by atoms with Gasteiger partial charge in [0.05, 0.1) is 11.7 Å². The van der Waals surface area contributed by atoms with Gasteiger partial charge in [0.1, 0.15) is 9.88 Å². The van der Waals surface area contributed by atoms with Crippen molar-refractivity contribution in [2.24, 2.45) is 7.05 Å². The predicted octanol–water partition coefficient (Wildman–Crippen LogP) is 3.68. The molecule has 1 aliphatic heterocycles. The van der Waals surface area contributed by atoms with E-state index >= 15 is 0 Å². The molecule has 134 valence electrons. The summed E-state index contributed by atoms with van der Waals surface area (Å²) in [7, 11) is 1.85. The molecule has 0 bridgehead atoms. The Morgan fingerprint density at radius 3 is 2.96 bits per heavy atom. The normalized spacial score (nSPS) is 12.5. The number of benzene rings is 2. The number of fused-ring (bicyclic) bond motifs is 2. The molecule has 2 aromatic carbocycles. The van der Waals surface area contributed by atoms with Crippen LogP contribution in [0.4, 0.5) is 5.82 Å². The molecule has 2 aromatic heterocycles. The summed E-state index contributed by atoms with van der Waals surface area (Å²) >= 11 is 1.32. The molecule has 0 atom stereocenters. The second-order valence-electron chi connectivity index (χ2n) is 6.04. The highest BCUT2D eigenvalue weighted by molar-refractivity contribution is 7.17. The standard InChI is InChI=1S/C19H14N4O3S/c1-23-13-5-3-2-4-12(13)17(22-23)21-18(24)16-9-20-19(27-16)11-6-7-14-15(8-11)26-10-25-14/h2-9H,10H2,1H3,(H,21,22,24). The van der Waals surface area contributed by atoms with Gasteiger partial charge in [-0.05, 0) is 30.3 Å². The Hall–Kier alpha value is -3.39. The number of carbonyl (C=O) groups is 1. The number of hydrogen-bond donors (Lipinski definition) is 1. The Bertz CT molecular complexity index is 1180. The maximum absolute atomic E-state index is 12.7. The van der Waals surface area contributed by atoms with Gasteiger partial charge in [-0.25, -0.2) is 4.98 Å². The maximum Gasteiger partial charge on any atom is 0.268 e. The lowest BCUT2D eigenvalue weighted by Crippen LogP contribution is -2.11. The van der Waals surface area contributed by atoms with Crippen LogP contribution in [0, 0.1) is 0 Å². The Kier molecular flexibility index (Phi) is 3.58. The molecule has 8 heteroatoms. The van der Waals surface area contributed by atoms with Crippen LogP contribution in [0.2, 0.25) is 0 Å². The Morgan fingerprint density at radius 1 is 1.19 bits per heavy atom. The van der Waals surface area contributed by atoms with Crippen molar-refractivity contribution in [2.75, 3.05) is 12.1 Å². The zero-order valence-corrected chi connectivity index (χ0v) is 15.1. The van der Waals surface area contributed by atoms with Crippen LogP contribution in [0.25, 0.3) is 21.5 Å². The van der Waals surface area contributed by atoms with Gasteiger partial charge in [-0.1, -0.05) is 12.1 Å². The van der Waals surface area contributed by atoms with E-state index in [-0.39, 0.29) is 12.7 Å². The van der Waals surface area contributed by atoms with Crippen molar-refractivity contribution in [3.63, 3.8) is 0 Å². The minimum Gasteiger partial charge on any atom is -0.454 e. The molecule has 1 aliphatic rings. The number of amides is 1. The molecule has 1 amide bonds. The minimum absolute atomic E-state index is 0.225. The second-order valence-corrected chi connectivity index (χ2v) is 7.07. The number of nitrogens with one attached hydrogen (secondary N) is 1. The number of aryl methyl sites for hydroxylation is 1. The van der Waals surface area contributed by atoms with Crippen molar-refractivity contribution in [3.05, 3.63) is 53.5 Å². The van der Waals surface area contributed by atoms with Gasteiger partial charge < -0.3 is 14.8 Å². The number of thiazole rings is 1. The van der Waals surface area contributed by atoms with E-state index < -0.39 is 0 Å². The number of aromatic nitrogens is 3. The zero-order chi connectivity index (χ0) is 18.4. The van der Waals surface area contributed by atoms with Crippen LogP contribution in [0.15, 0.2) is 48.7 Å². The molecule has 0 radical (unpaired) electrons. The molecule has 27 heavy (non-hydrogen) atoms. The fourth-order valence-corrected chi connectivity index (χ4v) is 3.83. The summed E-state index contributed by atoms with van der Waals surface area (Å²) in [6, 6.07) is 13.4. The van der Waals surface area contributed by atoms with Crippen molar-refractivity contribution < 1.29 is 14.3 Å². The molecule has 1 N–H and O–H groups in total. The van der Waals surface area contributed by atoms with Crippen LogP contribution < -0.4 is 14.8 Å². The van der Waals surface area contributed by atoms with E-state index in [4.69, 9.17) is 9.47 Å². The fourth-order valence-electron chi connectivity index (χ4n) is 3.02. The molecule has 0 saturated heterocycles. The third kappa shape index (κ3) is 2.70. The van der Waals surface area contributed by atoms with Crippen molar-refractivity contribution in [1.29, 1.82) is 0 Å². The summed E-state index contributed by atoms with van der Waals surface area (Å²) in [5.41, 5.74) is 1.84. The lowest BCUT2D eigenvalue weighted by atomic mass is 10.2. The first-order valence-electron chi connectivity index (χ1n) is 8.28. The van der Waals surface area contributed by atoms with Crippen LogP contribution in [-0.4, -0.2) is 27.5 Å². The molecule has 3 heterocycles. The Balaban J connectivity index is 1.41. The monoisotopic (exact) mass is 378 g/mol. The lowest BCUT2D eigenvalue weighted by molar-refractivity contribution is 0.103. The quantitative estimate of drug-likeness (QED) is 0.588. The number of carbonyl (C=O) groups excluding carboxylic acids is 1. The number of anilines is 1. The molecule has 0 aliphatic carbocycles. The van der Waals surface area contributed by atoms with E-state index in [9.17, 15) is 4.79 Å². The zero-order valence-electron chi connectivity index (χ0n) is 14.3. The average molecular weight is 378 g/mol. The van der Waals surface area contributed by atoms with Crippen LogP contribution in [0.5, 0.6) is 11.5 Å². The third-order valence-corrected chi connectivity index (χ3v) is 5.38. The van der Waals surface area contributed by atoms with Gasteiger partial charge in [0, 0.05) is 18.0 Å². The highest BCUT2D eigenvalue weighted by Crippen LogP contribution is 2.37. The van der Waals surface area contributed by atoms with E-state index in [0.717, 1.165) is 27.2 Å². The summed E-state index contributed by atoms with van der Waals surface area (Å²) in [4.78, 5) is 17.6. The molecule has 0 spiro atoms. The van der Waals surface area contributed by atoms with E-state index in [1.54, 1.807) is 10.9 Å². The molecule has 0 fully saturated rings. The van der Waals surface area contributed by atoms with Gasteiger partial charge in [-0.3, -0.25) is 9.48 Å². The molecular formula is C19H14N4O3S. The van der Waals surface area contributed by atoms with Gasteiger partial charge >= 0.3 is 0 Å². The topological polar surface area (TPSA) is 78.3 Å². The van der Waals surface area contributed by atoms with Crippen LogP contribution in [0.1, 0.15) is 9.67 Å². The van der Waals surface area contributed by atoms with Crippen LogP contribution in [0.3, 0.4) is 0 Å². The van der Waals surface area contributed by atoms with Crippen molar-refractivity contribution in [1.82, 2.24) is 14.8 Å². The molecule has 5 rings (SSSR count). The number of hydrogen-bond acceptors (Lipinski definition) is 6. The summed E-state index contributed by atoms with van der Waals surface area (Å²) in [5.74, 6) is 1.71. The third-order valence-electron chi connectivity index (χ3n) is 4.34. The van der Waals surface area contributed by atoms with E-state index in [2.05, 4.69) is 15.4 Å². The van der Waals surface area contributed by atoms with Crippen molar-refractivity contribution >= 4 is 34.0 Å². The SMILES string of the molecule is Cn1nc(NC(=O)c2cnc(-c3ccc4c(c3)OCO4)s2)c2ccccc21. The Morgan fingerprint density at radius 2 is 2.04 bits per heavy atom. The number of ether oxygens (including phenoxy) is 2. The van der Waals surface area contributed by atoms with Crippen molar-refractivity contribution in [3.8, 4) is 22.1 Å². The lowest BCUT2D eigenvalue weighted by Gasteiger charge is -2.00. The first-order valence-corrected chi connectivity index (χ1v) is 9.09. The summed E-state index contributed by atoms with van der Waals surface area (Å²) in [6.45, 7) is 0.225. The smallest absolute Gasteiger partial charge is 0.268 e. The largest absolute Gasteiger partial charge is 0.454 e. The highest BCUT2D eigenvalue weighted by Gasteiger charge is 2.18. The number of rotatable bonds is 3. The van der Waals surface area contributed by atoms with Crippen LogP contribution >= 0.6 is 11.3 Å². The molecule has 0 saturated carbocycles. The first kappa shape index (κ1) is 15.8. The molecule has 7 nitrogen and oxygen atoms in total.